The maximum Gasteiger partial charge on any atom is 0.307 e. The number of fused-ring (bicyclic) bond motifs is 1. The van der Waals surface area contributed by atoms with Crippen molar-refractivity contribution in [2.75, 3.05) is 6.16 Å². The molecule has 3 aromatic carbocycles. The lowest BCUT2D eigenvalue weighted by Crippen LogP contribution is -2.19. The molecule has 5 heteroatoms. The molecule has 2 atom stereocenters. The highest BCUT2D eigenvalue weighted by molar-refractivity contribution is 7.57. The van der Waals surface area contributed by atoms with Crippen LogP contribution in [0.2, 0.25) is 0 Å². The number of carboxylic acids is 1. The molecule has 0 aliphatic rings. The van der Waals surface area contributed by atoms with Gasteiger partial charge in [-0.3, -0.25) is 9.36 Å². The Bertz CT molecular complexity index is 963. The van der Waals surface area contributed by atoms with Gasteiger partial charge in [-0.05, 0) is 34.7 Å². The highest BCUT2D eigenvalue weighted by Crippen LogP contribution is 2.46. The van der Waals surface area contributed by atoms with Crippen molar-refractivity contribution in [1.29, 1.82) is 0 Å². The van der Waals surface area contributed by atoms with Crippen molar-refractivity contribution < 1.29 is 19.4 Å². The van der Waals surface area contributed by atoms with E-state index < -0.39 is 19.3 Å². The Morgan fingerprint density at radius 1 is 0.926 bits per heavy atom. The van der Waals surface area contributed by atoms with E-state index in [2.05, 4.69) is 0 Å². The smallest absolute Gasteiger partial charge is 0.307 e. The lowest BCUT2D eigenvalue weighted by molar-refractivity contribution is -0.141. The first-order chi connectivity index (χ1) is 12.9. The van der Waals surface area contributed by atoms with Crippen LogP contribution in [0.3, 0.4) is 0 Å². The van der Waals surface area contributed by atoms with Crippen LogP contribution in [-0.4, -0.2) is 22.1 Å². The Kier molecular flexibility index (Phi) is 6.10. The summed E-state index contributed by atoms with van der Waals surface area (Å²) in [5.74, 6) is -1.86. The van der Waals surface area contributed by atoms with Crippen LogP contribution in [0.5, 0.6) is 0 Å². The fraction of sp³-hybridized carbons (Fsp3) is 0.227. The molecule has 0 fully saturated rings. The van der Waals surface area contributed by atoms with Gasteiger partial charge in [0.2, 0.25) is 7.37 Å². The van der Waals surface area contributed by atoms with Crippen molar-refractivity contribution >= 4 is 24.1 Å². The molecule has 3 aromatic rings. The number of hydrogen-bond donors (Lipinski definition) is 2. The second kappa shape index (κ2) is 8.51. The van der Waals surface area contributed by atoms with Gasteiger partial charge < -0.3 is 10.00 Å². The summed E-state index contributed by atoms with van der Waals surface area (Å²) in [6, 6.07) is 23.0. The van der Waals surface area contributed by atoms with Crippen molar-refractivity contribution in [3.05, 3.63) is 83.9 Å². The van der Waals surface area contributed by atoms with Gasteiger partial charge in [-0.2, -0.15) is 0 Å². The molecule has 2 N–H and O–H groups in total. The summed E-state index contributed by atoms with van der Waals surface area (Å²) in [6.45, 7) is 0. The third kappa shape index (κ3) is 5.29. The highest BCUT2D eigenvalue weighted by atomic mass is 31.2. The first-order valence-electron chi connectivity index (χ1n) is 8.99. The van der Waals surface area contributed by atoms with Gasteiger partial charge in [0, 0.05) is 12.3 Å². The third-order valence-electron chi connectivity index (χ3n) is 4.77. The predicted octanol–water partition coefficient (Wildman–Crippen LogP) is 4.94. The summed E-state index contributed by atoms with van der Waals surface area (Å²) in [5.41, 5.74) is 1.82. The van der Waals surface area contributed by atoms with Crippen LogP contribution in [0.15, 0.2) is 72.8 Å². The van der Waals surface area contributed by atoms with Gasteiger partial charge in [-0.15, -0.1) is 0 Å². The van der Waals surface area contributed by atoms with Gasteiger partial charge in [0.05, 0.1) is 5.92 Å². The predicted molar refractivity (Wildman–Crippen MR) is 108 cm³/mol. The van der Waals surface area contributed by atoms with Gasteiger partial charge in [0.15, 0.2) is 0 Å². The lowest BCUT2D eigenvalue weighted by Gasteiger charge is -2.18. The van der Waals surface area contributed by atoms with E-state index in [0.717, 1.165) is 21.9 Å². The van der Waals surface area contributed by atoms with Crippen LogP contribution in [0.25, 0.3) is 10.8 Å². The van der Waals surface area contributed by atoms with Crippen LogP contribution in [0.4, 0.5) is 0 Å². The van der Waals surface area contributed by atoms with E-state index in [1.165, 1.54) is 0 Å². The fourth-order valence-corrected chi connectivity index (χ4v) is 5.35. The molecule has 0 aliphatic carbocycles. The van der Waals surface area contributed by atoms with Crippen LogP contribution in [0, 0.1) is 5.92 Å². The second-order valence-corrected chi connectivity index (χ2v) is 9.26. The number of carbonyl (C=O) groups is 1. The SMILES string of the molecule is O=C(O)C(CCc1cccc2ccccc12)CP(=O)(O)Cc1ccccc1. The number of rotatable bonds is 8. The quantitative estimate of drug-likeness (QED) is 0.541. The van der Waals surface area contributed by atoms with Gasteiger partial charge in [0.25, 0.3) is 0 Å². The van der Waals surface area contributed by atoms with Crippen molar-refractivity contribution in [2.45, 2.75) is 19.0 Å². The molecular weight excluding hydrogens is 359 g/mol. The van der Waals surface area contributed by atoms with E-state index in [-0.39, 0.29) is 12.3 Å². The van der Waals surface area contributed by atoms with Crippen molar-refractivity contribution in [2.24, 2.45) is 5.92 Å². The number of carboxylic acid groups (broad SMARTS) is 1. The molecule has 0 radical (unpaired) electrons. The first kappa shape index (κ1) is 19.3. The zero-order chi connectivity index (χ0) is 19.3. The average molecular weight is 382 g/mol. The van der Waals surface area contributed by atoms with Crippen LogP contribution < -0.4 is 0 Å². The topological polar surface area (TPSA) is 74.6 Å². The molecule has 0 bridgehead atoms. The summed E-state index contributed by atoms with van der Waals surface area (Å²) in [7, 11) is -3.57. The molecule has 27 heavy (non-hydrogen) atoms. The number of aliphatic carboxylic acids is 1. The Labute approximate surface area is 158 Å². The molecule has 4 nitrogen and oxygen atoms in total. The van der Waals surface area contributed by atoms with Crippen molar-refractivity contribution in [1.82, 2.24) is 0 Å². The van der Waals surface area contributed by atoms with Crippen LogP contribution >= 0.6 is 7.37 Å². The van der Waals surface area contributed by atoms with E-state index >= 15 is 0 Å². The molecule has 2 unspecified atom stereocenters. The molecule has 0 aliphatic heterocycles. The van der Waals surface area contributed by atoms with Gasteiger partial charge >= 0.3 is 5.97 Å². The standard InChI is InChI=1S/C22H23O4P/c23-22(24)20(16-27(25,26)15-17-7-2-1-3-8-17)14-13-19-11-6-10-18-9-4-5-12-21(18)19/h1-12,20H,13-16H2,(H,23,24)(H,25,26). The van der Waals surface area contributed by atoms with Crippen LogP contribution in [-0.2, 0) is 21.9 Å². The summed E-state index contributed by atoms with van der Waals surface area (Å²) in [6.07, 6.45) is 0.695. The molecule has 0 saturated heterocycles. The Morgan fingerprint density at radius 3 is 2.33 bits per heavy atom. The van der Waals surface area contributed by atoms with Crippen molar-refractivity contribution in [3.8, 4) is 0 Å². The van der Waals surface area contributed by atoms with Crippen molar-refractivity contribution in [3.63, 3.8) is 0 Å². The molecule has 0 saturated carbocycles. The number of aryl methyl sites for hydroxylation is 1. The Balaban J connectivity index is 1.70. The van der Waals surface area contributed by atoms with E-state index in [0.29, 0.717) is 12.8 Å². The second-order valence-electron chi connectivity index (χ2n) is 6.88. The van der Waals surface area contributed by atoms with Gasteiger partial charge in [0.1, 0.15) is 0 Å². The van der Waals surface area contributed by atoms with Gasteiger partial charge in [-0.25, -0.2) is 0 Å². The lowest BCUT2D eigenvalue weighted by atomic mass is 9.97. The Morgan fingerprint density at radius 2 is 1.59 bits per heavy atom. The minimum atomic E-state index is -3.57. The first-order valence-corrected chi connectivity index (χ1v) is 11.0. The molecule has 140 valence electrons. The van der Waals surface area contributed by atoms with E-state index in [1.807, 2.05) is 60.7 Å². The molecule has 3 rings (SSSR count). The largest absolute Gasteiger partial charge is 0.481 e. The molecule has 0 aromatic heterocycles. The van der Waals surface area contributed by atoms with Gasteiger partial charge in [-0.1, -0.05) is 72.8 Å². The highest BCUT2D eigenvalue weighted by Gasteiger charge is 2.29. The minimum Gasteiger partial charge on any atom is -0.481 e. The number of benzene rings is 3. The Hall–Kier alpha value is -2.42. The number of hydrogen-bond acceptors (Lipinski definition) is 2. The monoisotopic (exact) mass is 382 g/mol. The molecule has 0 amide bonds. The maximum atomic E-state index is 12.6. The molecule has 0 spiro atoms. The summed E-state index contributed by atoms with van der Waals surface area (Å²) >= 11 is 0. The molecule has 0 heterocycles. The normalized spacial score (nSPS) is 14.6. The molecular formula is C22H23O4P. The van der Waals surface area contributed by atoms with E-state index in [4.69, 9.17) is 0 Å². The van der Waals surface area contributed by atoms with E-state index in [1.54, 1.807) is 12.1 Å². The zero-order valence-corrected chi connectivity index (χ0v) is 15.9. The third-order valence-corrected chi connectivity index (χ3v) is 6.64. The average Bonchev–Trinajstić information content (AvgIpc) is 2.65. The summed E-state index contributed by atoms with van der Waals surface area (Å²) in [4.78, 5) is 22.0. The minimum absolute atomic E-state index is 0.00584. The van der Waals surface area contributed by atoms with Crippen LogP contribution in [0.1, 0.15) is 17.5 Å². The summed E-state index contributed by atoms with van der Waals surface area (Å²) < 4.78 is 12.6. The maximum absolute atomic E-state index is 12.6. The summed E-state index contributed by atoms with van der Waals surface area (Å²) in [5, 5.41) is 11.8. The zero-order valence-electron chi connectivity index (χ0n) is 15.0. The van der Waals surface area contributed by atoms with E-state index in [9.17, 15) is 19.4 Å². The fourth-order valence-electron chi connectivity index (χ4n) is 3.41.